The minimum atomic E-state index is -0.586. The fourth-order valence-corrected chi connectivity index (χ4v) is 2.00. The standard InChI is InChI=1S/C14H9N3O5/c18-11-4-3-9(17(20)21)6-8(11)7-10-13(15-16-14(10)19)12-2-1-5-22-12/h1-7,18H,(H,16,19)/b10-7+. The molecule has 1 aliphatic rings. The van der Waals surface area contributed by atoms with Crippen molar-refractivity contribution in [3.8, 4) is 5.75 Å². The zero-order valence-electron chi connectivity index (χ0n) is 11.0. The molecule has 0 spiro atoms. The first-order valence-electron chi connectivity index (χ1n) is 6.17. The van der Waals surface area contributed by atoms with Crippen LogP contribution in [-0.2, 0) is 4.79 Å². The monoisotopic (exact) mass is 299 g/mol. The summed E-state index contributed by atoms with van der Waals surface area (Å²) < 4.78 is 5.19. The van der Waals surface area contributed by atoms with Gasteiger partial charge in [0, 0.05) is 17.7 Å². The first-order valence-corrected chi connectivity index (χ1v) is 6.17. The lowest BCUT2D eigenvalue weighted by Crippen LogP contribution is -2.13. The van der Waals surface area contributed by atoms with Crippen molar-refractivity contribution in [3.63, 3.8) is 0 Å². The highest BCUT2D eigenvalue weighted by Gasteiger charge is 2.26. The first-order chi connectivity index (χ1) is 10.6. The van der Waals surface area contributed by atoms with Crippen molar-refractivity contribution in [3.05, 3.63) is 63.6 Å². The molecule has 0 saturated heterocycles. The second kappa shape index (κ2) is 5.17. The molecule has 1 amide bonds. The Morgan fingerprint density at radius 2 is 2.18 bits per heavy atom. The topological polar surface area (TPSA) is 118 Å². The molecule has 8 heteroatoms. The Labute approximate surface area is 123 Å². The summed E-state index contributed by atoms with van der Waals surface area (Å²) in [6.07, 6.45) is 2.76. The summed E-state index contributed by atoms with van der Waals surface area (Å²) in [4.78, 5) is 22.1. The fraction of sp³-hybridized carbons (Fsp3) is 0. The number of furan rings is 1. The molecular formula is C14H9N3O5. The van der Waals surface area contributed by atoms with Gasteiger partial charge in [-0.2, -0.15) is 5.10 Å². The van der Waals surface area contributed by atoms with Crippen LogP contribution in [0.1, 0.15) is 11.3 Å². The Kier molecular flexibility index (Phi) is 3.18. The molecule has 3 rings (SSSR count). The lowest BCUT2D eigenvalue weighted by Gasteiger charge is -2.02. The number of hydrogen-bond donors (Lipinski definition) is 2. The van der Waals surface area contributed by atoms with Crippen LogP contribution in [0, 0.1) is 10.1 Å². The van der Waals surface area contributed by atoms with Gasteiger partial charge in [0.15, 0.2) is 5.76 Å². The molecule has 1 aliphatic heterocycles. The Morgan fingerprint density at radius 1 is 1.36 bits per heavy atom. The number of carbonyl (C=O) groups excluding carboxylic acids is 1. The van der Waals surface area contributed by atoms with Gasteiger partial charge in [0.25, 0.3) is 11.6 Å². The number of benzene rings is 1. The van der Waals surface area contributed by atoms with Crippen LogP contribution in [0.3, 0.4) is 0 Å². The molecule has 0 saturated carbocycles. The first kappa shape index (κ1) is 13.6. The lowest BCUT2D eigenvalue weighted by atomic mass is 10.0. The minimum absolute atomic E-state index is 0.139. The van der Waals surface area contributed by atoms with Crippen LogP contribution in [0.15, 0.2) is 51.7 Å². The number of non-ortho nitro benzene ring substituents is 1. The molecule has 8 nitrogen and oxygen atoms in total. The molecule has 1 aromatic carbocycles. The lowest BCUT2D eigenvalue weighted by molar-refractivity contribution is -0.384. The number of rotatable bonds is 3. The Morgan fingerprint density at radius 3 is 2.86 bits per heavy atom. The predicted octanol–water partition coefficient (Wildman–Crippen LogP) is 1.81. The molecular weight excluding hydrogens is 290 g/mol. The van der Waals surface area contributed by atoms with Gasteiger partial charge in [-0.15, -0.1) is 0 Å². The van der Waals surface area contributed by atoms with E-state index in [1.54, 1.807) is 12.1 Å². The average molecular weight is 299 g/mol. The largest absolute Gasteiger partial charge is 0.507 e. The number of nitrogens with zero attached hydrogens (tertiary/aromatic N) is 2. The van der Waals surface area contributed by atoms with E-state index >= 15 is 0 Å². The van der Waals surface area contributed by atoms with Crippen molar-refractivity contribution >= 4 is 23.4 Å². The number of phenols is 1. The Balaban J connectivity index is 2.07. The number of aromatic hydroxyl groups is 1. The van der Waals surface area contributed by atoms with Crippen molar-refractivity contribution in [1.29, 1.82) is 0 Å². The molecule has 0 unspecified atom stereocenters. The summed E-state index contributed by atoms with van der Waals surface area (Å²) in [6.45, 7) is 0. The number of hydrogen-bond acceptors (Lipinski definition) is 6. The quantitative estimate of drug-likeness (QED) is 0.509. The van der Waals surface area contributed by atoms with Crippen LogP contribution < -0.4 is 5.43 Å². The second-order valence-corrected chi connectivity index (χ2v) is 4.44. The van der Waals surface area contributed by atoms with Gasteiger partial charge >= 0.3 is 0 Å². The number of carbonyl (C=O) groups is 1. The summed E-state index contributed by atoms with van der Waals surface area (Å²) in [5.41, 5.74) is 2.64. The maximum atomic E-state index is 11.9. The van der Waals surface area contributed by atoms with Gasteiger partial charge in [-0.3, -0.25) is 14.9 Å². The molecule has 2 N–H and O–H groups in total. The summed E-state index contributed by atoms with van der Waals surface area (Å²) in [7, 11) is 0. The molecule has 0 fully saturated rings. The van der Waals surface area contributed by atoms with Gasteiger partial charge in [-0.1, -0.05) is 0 Å². The number of nitro benzene ring substituents is 1. The maximum absolute atomic E-state index is 11.9. The highest BCUT2D eigenvalue weighted by atomic mass is 16.6. The third kappa shape index (κ3) is 2.33. The number of hydrazone groups is 1. The van der Waals surface area contributed by atoms with E-state index in [1.807, 2.05) is 0 Å². The number of amides is 1. The predicted molar refractivity (Wildman–Crippen MR) is 76.1 cm³/mol. The van der Waals surface area contributed by atoms with E-state index in [2.05, 4.69) is 10.5 Å². The molecule has 2 aromatic rings. The van der Waals surface area contributed by atoms with E-state index in [1.165, 1.54) is 30.5 Å². The maximum Gasteiger partial charge on any atom is 0.273 e. The second-order valence-electron chi connectivity index (χ2n) is 4.44. The van der Waals surface area contributed by atoms with Crippen molar-refractivity contribution in [2.75, 3.05) is 0 Å². The van der Waals surface area contributed by atoms with Crippen molar-refractivity contribution < 1.29 is 19.2 Å². The van der Waals surface area contributed by atoms with E-state index in [-0.39, 0.29) is 28.3 Å². The Hall–Kier alpha value is -3.42. The minimum Gasteiger partial charge on any atom is -0.507 e. The van der Waals surface area contributed by atoms with Gasteiger partial charge in [0.05, 0.1) is 16.8 Å². The average Bonchev–Trinajstić information content (AvgIpc) is 3.12. The van der Waals surface area contributed by atoms with Crippen molar-refractivity contribution in [2.45, 2.75) is 0 Å². The summed E-state index contributed by atoms with van der Waals surface area (Å²) in [5, 5.41) is 24.5. The summed E-state index contributed by atoms with van der Waals surface area (Å²) >= 11 is 0. The molecule has 0 atom stereocenters. The number of nitrogens with one attached hydrogen (secondary N) is 1. The highest BCUT2D eigenvalue weighted by molar-refractivity contribution is 6.32. The van der Waals surface area contributed by atoms with E-state index in [9.17, 15) is 20.0 Å². The molecule has 0 aliphatic carbocycles. The van der Waals surface area contributed by atoms with Crippen LogP contribution >= 0.6 is 0 Å². The molecule has 0 radical (unpaired) electrons. The normalized spacial score (nSPS) is 15.7. The summed E-state index contributed by atoms with van der Waals surface area (Å²) in [5.74, 6) is -0.302. The summed E-state index contributed by atoms with van der Waals surface area (Å²) in [6, 6.07) is 6.81. The van der Waals surface area contributed by atoms with Crippen LogP contribution in [0.25, 0.3) is 6.08 Å². The SMILES string of the molecule is O=C1NN=C(c2ccco2)/C1=C\c1cc([N+](=O)[O-])ccc1O. The van der Waals surface area contributed by atoms with E-state index in [0.29, 0.717) is 5.76 Å². The number of nitro groups is 1. The van der Waals surface area contributed by atoms with Gasteiger partial charge in [-0.05, 0) is 24.3 Å². The van der Waals surface area contributed by atoms with E-state index in [4.69, 9.17) is 4.42 Å². The Bertz CT molecular complexity index is 821. The van der Waals surface area contributed by atoms with Crippen LogP contribution in [0.2, 0.25) is 0 Å². The molecule has 0 bridgehead atoms. The van der Waals surface area contributed by atoms with Crippen molar-refractivity contribution in [1.82, 2.24) is 5.43 Å². The van der Waals surface area contributed by atoms with Crippen molar-refractivity contribution in [2.24, 2.45) is 5.10 Å². The molecule has 2 heterocycles. The van der Waals surface area contributed by atoms with Gasteiger partial charge in [0.2, 0.25) is 0 Å². The van der Waals surface area contributed by atoms with E-state index in [0.717, 1.165) is 0 Å². The highest BCUT2D eigenvalue weighted by Crippen LogP contribution is 2.27. The van der Waals surface area contributed by atoms with E-state index < -0.39 is 10.8 Å². The number of phenolic OH excluding ortho intramolecular Hbond substituents is 1. The smallest absolute Gasteiger partial charge is 0.273 e. The zero-order valence-corrected chi connectivity index (χ0v) is 11.0. The molecule has 110 valence electrons. The van der Waals surface area contributed by atoms with Gasteiger partial charge in [-0.25, -0.2) is 5.43 Å². The van der Waals surface area contributed by atoms with Gasteiger partial charge in [0.1, 0.15) is 11.5 Å². The molecule has 22 heavy (non-hydrogen) atoms. The third-order valence-electron chi connectivity index (χ3n) is 3.05. The zero-order chi connectivity index (χ0) is 15.7. The van der Waals surface area contributed by atoms with Gasteiger partial charge < -0.3 is 9.52 Å². The van der Waals surface area contributed by atoms with Crippen LogP contribution in [-0.4, -0.2) is 21.6 Å². The van der Waals surface area contributed by atoms with Crippen LogP contribution in [0.5, 0.6) is 5.75 Å². The molecule has 1 aromatic heterocycles. The fourth-order valence-electron chi connectivity index (χ4n) is 2.00. The third-order valence-corrected chi connectivity index (χ3v) is 3.05. The van der Waals surface area contributed by atoms with Crippen LogP contribution in [0.4, 0.5) is 5.69 Å².